The van der Waals surface area contributed by atoms with Crippen molar-refractivity contribution in [2.24, 2.45) is 0 Å². The molecule has 5 nitrogen and oxygen atoms in total. The molecule has 1 saturated heterocycles. The van der Waals surface area contributed by atoms with Crippen LogP contribution in [0.4, 0.5) is 11.4 Å². The fourth-order valence-electron chi connectivity index (χ4n) is 2.72. The van der Waals surface area contributed by atoms with Crippen molar-refractivity contribution in [3.63, 3.8) is 0 Å². The third kappa shape index (κ3) is 4.72. The number of likely N-dealkylation sites (tertiary alicyclic amines) is 1. The molecule has 0 spiro atoms. The number of para-hydroxylation sites is 2. The van der Waals surface area contributed by atoms with Gasteiger partial charge in [0.1, 0.15) is 0 Å². The second-order valence-corrected chi connectivity index (χ2v) is 5.90. The van der Waals surface area contributed by atoms with E-state index in [0.717, 1.165) is 19.6 Å². The summed E-state index contributed by atoms with van der Waals surface area (Å²) in [6.45, 7) is 3.07. The van der Waals surface area contributed by atoms with E-state index in [1.807, 2.05) is 18.2 Å². The van der Waals surface area contributed by atoms with Crippen molar-refractivity contribution in [3.05, 3.63) is 24.3 Å². The zero-order valence-corrected chi connectivity index (χ0v) is 13.0. The molecule has 116 valence electrons. The van der Waals surface area contributed by atoms with Gasteiger partial charge in [0, 0.05) is 19.0 Å². The molecule has 1 fully saturated rings. The van der Waals surface area contributed by atoms with Gasteiger partial charge in [0.25, 0.3) is 0 Å². The van der Waals surface area contributed by atoms with Crippen molar-refractivity contribution in [1.29, 1.82) is 0 Å². The molecule has 1 aliphatic rings. The van der Waals surface area contributed by atoms with Gasteiger partial charge in [0.05, 0.1) is 11.4 Å². The van der Waals surface area contributed by atoms with Crippen molar-refractivity contribution < 1.29 is 4.79 Å². The second-order valence-electron chi connectivity index (χ2n) is 5.90. The minimum absolute atomic E-state index is 0.0210. The van der Waals surface area contributed by atoms with E-state index in [0.29, 0.717) is 23.8 Å². The predicted octanol–water partition coefficient (Wildman–Crippen LogP) is 1.62. The van der Waals surface area contributed by atoms with Crippen molar-refractivity contribution >= 4 is 17.3 Å². The largest absolute Gasteiger partial charge is 0.397 e. The molecule has 0 radical (unpaired) electrons. The number of amides is 1. The lowest BCUT2D eigenvalue weighted by Crippen LogP contribution is -2.42. The highest BCUT2D eigenvalue weighted by Gasteiger charge is 2.20. The minimum atomic E-state index is 0.0210. The number of nitrogens with two attached hydrogens (primary N) is 1. The van der Waals surface area contributed by atoms with Gasteiger partial charge < -0.3 is 20.9 Å². The van der Waals surface area contributed by atoms with E-state index in [-0.39, 0.29) is 5.91 Å². The van der Waals surface area contributed by atoms with Crippen molar-refractivity contribution in [2.45, 2.75) is 25.3 Å². The van der Waals surface area contributed by atoms with Gasteiger partial charge in [-0.3, -0.25) is 4.79 Å². The summed E-state index contributed by atoms with van der Waals surface area (Å²) in [6, 6.07) is 7.94. The van der Waals surface area contributed by atoms with Gasteiger partial charge in [0.2, 0.25) is 5.91 Å². The Balaban J connectivity index is 1.75. The van der Waals surface area contributed by atoms with Crippen LogP contribution in [-0.2, 0) is 4.79 Å². The van der Waals surface area contributed by atoms with Gasteiger partial charge in [0.15, 0.2) is 0 Å². The summed E-state index contributed by atoms with van der Waals surface area (Å²) in [6.07, 6.45) is 2.86. The Labute approximate surface area is 127 Å². The number of hydrogen-bond donors (Lipinski definition) is 2. The maximum Gasteiger partial charge on any atom is 0.225 e. The summed E-state index contributed by atoms with van der Waals surface area (Å²) in [5.41, 5.74) is 7.13. The molecule has 0 aliphatic carbocycles. The molecule has 0 unspecified atom stereocenters. The second kappa shape index (κ2) is 7.43. The first kappa shape index (κ1) is 15.8. The molecule has 5 heteroatoms. The van der Waals surface area contributed by atoms with Gasteiger partial charge in [-0.15, -0.1) is 0 Å². The van der Waals surface area contributed by atoms with E-state index < -0.39 is 0 Å². The highest BCUT2D eigenvalue weighted by Crippen LogP contribution is 2.17. The highest BCUT2D eigenvalue weighted by atomic mass is 16.1. The fourth-order valence-corrected chi connectivity index (χ4v) is 2.72. The van der Waals surface area contributed by atoms with Crippen LogP contribution in [0.5, 0.6) is 0 Å². The average Bonchev–Trinajstić information content (AvgIpc) is 2.48. The van der Waals surface area contributed by atoms with E-state index in [1.54, 1.807) is 6.07 Å². The number of hydrogen-bond acceptors (Lipinski definition) is 4. The number of nitrogens with one attached hydrogen (secondary N) is 1. The molecule has 21 heavy (non-hydrogen) atoms. The summed E-state index contributed by atoms with van der Waals surface area (Å²) in [7, 11) is 4.27. The van der Waals surface area contributed by atoms with Crippen LogP contribution in [-0.4, -0.2) is 55.5 Å². The smallest absolute Gasteiger partial charge is 0.225 e. The van der Waals surface area contributed by atoms with E-state index >= 15 is 0 Å². The van der Waals surface area contributed by atoms with Crippen LogP contribution in [0.2, 0.25) is 0 Å². The van der Waals surface area contributed by atoms with E-state index in [2.05, 4.69) is 29.2 Å². The molecule has 1 aromatic rings. The lowest BCUT2D eigenvalue weighted by molar-refractivity contribution is -0.116. The molecule has 0 bridgehead atoms. The normalized spacial score (nSPS) is 17.1. The summed E-state index contributed by atoms with van der Waals surface area (Å²) in [5, 5.41) is 2.88. The maximum atomic E-state index is 12.0. The summed E-state index contributed by atoms with van der Waals surface area (Å²) >= 11 is 0. The number of carbonyl (C=O) groups is 1. The first-order chi connectivity index (χ1) is 10.1. The molecule has 1 amide bonds. The van der Waals surface area contributed by atoms with Gasteiger partial charge in [-0.1, -0.05) is 12.1 Å². The van der Waals surface area contributed by atoms with Gasteiger partial charge in [-0.25, -0.2) is 0 Å². The lowest BCUT2D eigenvalue weighted by atomic mass is 10.0. The Kier molecular flexibility index (Phi) is 5.59. The Hall–Kier alpha value is -1.59. The SMILES string of the molecule is CN1CCC(N(C)CCC(=O)Nc2ccccc2N)CC1. The molecular weight excluding hydrogens is 264 g/mol. The van der Waals surface area contributed by atoms with Crippen molar-refractivity contribution in [1.82, 2.24) is 9.80 Å². The fraction of sp³-hybridized carbons (Fsp3) is 0.562. The van der Waals surface area contributed by atoms with Crippen LogP contribution in [0.3, 0.4) is 0 Å². The summed E-state index contributed by atoms with van der Waals surface area (Å²) in [4.78, 5) is 16.7. The zero-order valence-electron chi connectivity index (χ0n) is 13.0. The Morgan fingerprint density at radius 3 is 2.71 bits per heavy atom. The summed E-state index contributed by atoms with van der Waals surface area (Å²) in [5.74, 6) is 0.0210. The van der Waals surface area contributed by atoms with Crippen LogP contribution in [0.25, 0.3) is 0 Å². The maximum absolute atomic E-state index is 12.0. The number of rotatable bonds is 5. The Morgan fingerprint density at radius 2 is 2.05 bits per heavy atom. The van der Waals surface area contributed by atoms with E-state index in [1.165, 1.54) is 12.8 Å². The van der Waals surface area contributed by atoms with Gasteiger partial charge in [-0.2, -0.15) is 0 Å². The quantitative estimate of drug-likeness (QED) is 0.809. The van der Waals surface area contributed by atoms with Crippen LogP contribution in [0, 0.1) is 0 Å². The molecular formula is C16H26N4O. The van der Waals surface area contributed by atoms with Crippen LogP contribution < -0.4 is 11.1 Å². The van der Waals surface area contributed by atoms with Crippen LogP contribution in [0.1, 0.15) is 19.3 Å². The lowest BCUT2D eigenvalue weighted by Gasteiger charge is -2.35. The number of carbonyl (C=O) groups excluding carboxylic acids is 1. The standard InChI is InChI=1S/C16H26N4O/c1-19-10-7-13(8-11-19)20(2)12-9-16(21)18-15-6-4-3-5-14(15)17/h3-6,13H,7-12,17H2,1-2H3,(H,18,21). The van der Waals surface area contributed by atoms with Crippen molar-refractivity contribution in [3.8, 4) is 0 Å². The molecule has 1 aliphatic heterocycles. The third-order valence-electron chi connectivity index (χ3n) is 4.24. The molecule has 0 aromatic heterocycles. The number of piperidine rings is 1. The van der Waals surface area contributed by atoms with E-state index in [4.69, 9.17) is 5.73 Å². The highest BCUT2D eigenvalue weighted by molar-refractivity contribution is 5.93. The first-order valence-corrected chi connectivity index (χ1v) is 7.59. The Bertz CT molecular complexity index is 469. The predicted molar refractivity (Wildman–Crippen MR) is 87.3 cm³/mol. The molecule has 0 atom stereocenters. The number of benzene rings is 1. The number of anilines is 2. The monoisotopic (exact) mass is 290 g/mol. The van der Waals surface area contributed by atoms with Crippen molar-refractivity contribution in [2.75, 3.05) is 44.8 Å². The molecule has 3 N–H and O–H groups in total. The Morgan fingerprint density at radius 1 is 1.38 bits per heavy atom. The third-order valence-corrected chi connectivity index (χ3v) is 4.24. The van der Waals surface area contributed by atoms with E-state index in [9.17, 15) is 4.79 Å². The average molecular weight is 290 g/mol. The molecule has 1 aromatic carbocycles. The van der Waals surface area contributed by atoms with Crippen LogP contribution >= 0.6 is 0 Å². The topological polar surface area (TPSA) is 61.6 Å². The molecule has 1 heterocycles. The first-order valence-electron chi connectivity index (χ1n) is 7.59. The van der Waals surface area contributed by atoms with Gasteiger partial charge >= 0.3 is 0 Å². The van der Waals surface area contributed by atoms with Crippen LogP contribution in [0.15, 0.2) is 24.3 Å². The molecule has 0 saturated carbocycles. The molecule has 2 rings (SSSR count). The number of nitrogens with zero attached hydrogens (tertiary/aromatic N) is 2. The number of nitrogen functional groups attached to an aromatic ring is 1. The van der Waals surface area contributed by atoms with Gasteiger partial charge in [-0.05, 0) is 52.2 Å². The summed E-state index contributed by atoms with van der Waals surface area (Å²) < 4.78 is 0. The minimum Gasteiger partial charge on any atom is -0.397 e. The zero-order chi connectivity index (χ0) is 15.2.